The molecule has 0 aliphatic heterocycles. The van der Waals surface area contributed by atoms with Crippen LogP contribution in [0.3, 0.4) is 0 Å². The SMILES string of the molecule is COc1cc(/C=C(/C#N)C(=O)Nc2cccc([N+](=O)[O-])c2)ccc1OCc1ccc(Br)cc1. The lowest BCUT2D eigenvalue weighted by molar-refractivity contribution is -0.384. The summed E-state index contributed by atoms with van der Waals surface area (Å²) >= 11 is 3.39. The zero-order chi connectivity index (χ0) is 23.8. The topological polar surface area (TPSA) is 114 Å². The van der Waals surface area contributed by atoms with Crippen molar-refractivity contribution in [3.05, 3.63) is 98.0 Å². The molecule has 1 N–H and O–H groups in total. The lowest BCUT2D eigenvalue weighted by atomic mass is 10.1. The average molecular weight is 508 g/mol. The van der Waals surface area contributed by atoms with E-state index >= 15 is 0 Å². The molecular formula is C24H18BrN3O5. The normalized spacial score (nSPS) is 10.8. The zero-order valence-corrected chi connectivity index (χ0v) is 19.0. The number of nitrogens with one attached hydrogen (secondary N) is 1. The lowest BCUT2D eigenvalue weighted by Crippen LogP contribution is -2.13. The summed E-state index contributed by atoms with van der Waals surface area (Å²) < 4.78 is 12.2. The van der Waals surface area contributed by atoms with Gasteiger partial charge in [0.05, 0.1) is 12.0 Å². The van der Waals surface area contributed by atoms with E-state index in [0.717, 1.165) is 10.0 Å². The van der Waals surface area contributed by atoms with Gasteiger partial charge in [-0.15, -0.1) is 0 Å². The number of nitriles is 1. The molecule has 0 radical (unpaired) electrons. The maximum absolute atomic E-state index is 12.5. The van der Waals surface area contributed by atoms with Gasteiger partial charge in [-0.1, -0.05) is 40.2 Å². The molecule has 33 heavy (non-hydrogen) atoms. The molecule has 0 fully saturated rings. The van der Waals surface area contributed by atoms with Crippen molar-refractivity contribution < 1.29 is 19.2 Å². The monoisotopic (exact) mass is 507 g/mol. The van der Waals surface area contributed by atoms with Gasteiger partial charge < -0.3 is 14.8 Å². The quantitative estimate of drug-likeness (QED) is 0.186. The first-order chi connectivity index (χ1) is 15.9. The molecule has 1 amide bonds. The van der Waals surface area contributed by atoms with E-state index in [9.17, 15) is 20.2 Å². The summed E-state index contributed by atoms with van der Waals surface area (Å²) in [7, 11) is 1.50. The molecule has 0 spiro atoms. The minimum Gasteiger partial charge on any atom is -0.493 e. The van der Waals surface area contributed by atoms with Gasteiger partial charge in [-0.3, -0.25) is 14.9 Å². The molecule has 0 atom stereocenters. The van der Waals surface area contributed by atoms with Crippen LogP contribution in [0.1, 0.15) is 11.1 Å². The summed E-state index contributed by atoms with van der Waals surface area (Å²) in [6.45, 7) is 0.341. The van der Waals surface area contributed by atoms with Crippen LogP contribution in [0.4, 0.5) is 11.4 Å². The molecule has 0 unspecified atom stereocenters. The van der Waals surface area contributed by atoms with Crippen molar-refractivity contribution in [2.75, 3.05) is 12.4 Å². The molecule has 8 nitrogen and oxygen atoms in total. The Morgan fingerprint density at radius 1 is 1.15 bits per heavy atom. The number of methoxy groups -OCH3 is 1. The van der Waals surface area contributed by atoms with Crippen molar-refractivity contribution in [1.29, 1.82) is 5.26 Å². The predicted molar refractivity (Wildman–Crippen MR) is 127 cm³/mol. The van der Waals surface area contributed by atoms with Gasteiger partial charge in [-0.05, 0) is 47.5 Å². The zero-order valence-electron chi connectivity index (χ0n) is 17.4. The second-order valence-corrected chi connectivity index (χ2v) is 7.67. The number of carbonyl (C=O) groups excluding carboxylic acids is 1. The molecule has 166 valence electrons. The minimum atomic E-state index is -0.687. The Labute approximate surface area is 198 Å². The molecule has 0 saturated heterocycles. The Hall–Kier alpha value is -4.16. The van der Waals surface area contributed by atoms with Gasteiger partial charge in [-0.25, -0.2) is 0 Å². The van der Waals surface area contributed by atoms with Gasteiger partial charge in [0, 0.05) is 22.3 Å². The number of hydrogen-bond donors (Lipinski definition) is 1. The first-order valence-electron chi connectivity index (χ1n) is 9.62. The third-order valence-electron chi connectivity index (χ3n) is 4.49. The Balaban J connectivity index is 1.75. The predicted octanol–water partition coefficient (Wildman–Crippen LogP) is 5.49. The largest absolute Gasteiger partial charge is 0.493 e. The molecule has 0 aliphatic carbocycles. The summed E-state index contributed by atoms with van der Waals surface area (Å²) in [4.78, 5) is 22.8. The number of nitro benzene ring substituents is 1. The van der Waals surface area contributed by atoms with E-state index in [2.05, 4.69) is 21.2 Å². The van der Waals surface area contributed by atoms with E-state index in [-0.39, 0.29) is 16.9 Å². The number of rotatable bonds is 8. The molecule has 3 rings (SSSR count). The summed E-state index contributed by atoms with van der Waals surface area (Å²) in [6, 6.07) is 20.1. The van der Waals surface area contributed by atoms with Crippen LogP contribution in [0.5, 0.6) is 11.5 Å². The third-order valence-corrected chi connectivity index (χ3v) is 5.01. The molecule has 9 heteroatoms. The standard InChI is InChI=1S/C24H18BrN3O5/c1-32-23-12-17(7-10-22(23)33-15-16-5-8-19(25)9-6-16)11-18(14-26)24(29)27-20-3-2-4-21(13-20)28(30)31/h2-13H,15H2,1H3,(H,27,29)/b18-11-. The molecule has 0 bridgehead atoms. The fraction of sp³-hybridized carbons (Fsp3) is 0.0833. The van der Waals surface area contributed by atoms with Crippen LogP contribution in [-0.4, -0.2) is 17.9 Å². The van der Waals surface area contributed by atoms with Crippen molar-refractivity contribution in [2.45, 2.75) is 6.61 Å². The fourth-order valence-electron chi connectivity index (χ4n) is 2.85. The summed E-state index contributed by atoms with van der Waals surface area (Å²) in [5, 5.41) is 22.8. The number of carbonyl (C=O) groups is 1. The van der Waals surface area contributed by atoms with Gasteiger partial charge in [0.2, 0.25) is 0 Å². The van der Waals surface area contributed by atoms with Crippen LogP contribution in [0.25, 0.3) is 6.08 Å². The van der Waals surface area contributed by atoms with Gasteiger partial charge in [0.1, 0.15) is 18.2 Å². The second-order valence-electron chi connectivity index (χ2n) is 6.76. The van der Waals surface area contributed by atoms with E-state index < -0.39 is 10.8 Å². The van der Waals surface area contributed by atoms with E-state index in [1.165, 1.54) is 37.5 Å². The number of ether oxygens (including phenoxy) is 2. The number of benzene rings is 3. The van der Waals surface area contributed by atoms with E-state index in [1.807, 2.05) is 30.3 Å². The molecule has 0 aliphatic rings. The summed E-state index contributed by atoms with van der Waals surface area (Å²) in [5.41, 5.74) is 1.40. The van der Waals surface area contributed by atoms with Crippen LogP contribution in [0, 0.1) is 21.4 Å². The maximum Gasteiger partial charge on any atom is 0.271 e. The van der Waals surface area contributed by atoms with Gasteiger partial charge in [0.25, 0.3) is 11.6 Å². The highest BCUT2D eigenvalue weighted by molar-refractivity contribution is 9.10. The number of hydrogen-bond acceptors (Lipinski definition) is 6. The van der Waals surface area contributed by atoms with Gasteiger partial charge >= 0.3 is 0 Å². The molecule has 3 aromatic rings. The number of nitro groups is 1. The molecule has 3 aromatic carbocycles. The van der Waals surface area contributed by atoms with E-state index in [1.54, 1.807) is 18.2 Å². The highest BCUT2D eigenvalue weighted by Gasteiger charge is 2.13. The third kappa shape index (κ3) is 6.41. The highest BCUT2D eigenvalue weighted by atomic mass is 79.9. The van der Waals surface area contributed by atoms with E-state index in [0.29, 0.717) is 23.7 Å². The summed E-state index contributed by atoms with van der Waals surface area (Å²) in [5.74, 6) is 0.266. The van der Waals surface area contributed by atoms with Crippen molar-refractivity contribution in [2.24, 2.45) is 0 Å². The second kappa shape index (κ2) is 10.9. The van der Waals surface area contributed by atoms with Gasteiger partial charge in [-0.2, -0.15) is 5.26 Å². The van der Waals surface area contributed by atoms with Gasteiger partial charge in [0.15, 0.2) is 11.5 Å². The Morgan fingerprint density at radius 3 is 2.58 bits per heavy atom. The smallest absolute Gasteiger partial charge is 0.271 e. The maximum atomic E-state index is 12.5. The Kier molecular flexibility index (Phi) is 7.78. The number of nitrogens with zero attached hydrogens (tertiary/aromatic N) is 2. The van der Waals surface area contributed by atoms with Crippen LogP contribution in [0.2, 0.25) is 0 Å². The molecule has 0 heterocycles. The van der Waals surface area contributed by atoms with Crippen LogP contribution >= 0.6 is 15.9 Å². The van der Waals surface area contributed by atoms with Crippen LogP contribution < -0.4 is 14.8 Å². The summed E-state index contributed by atoms with van der Waals surface area (Å²) in [6.07, 6.45) is 1.40. The average Bonchev–Trinajstić information content (AvgIpc) is 2.82. The first kappa shape index (κ1) is 23.5. The first-order valence-corrected chi connectivity index (χ1v) is 10.4. The highest BCUT2D eigenvalue weighted by Crippen LogP contribution is 2.30. The van der Waals surface area contributed by atoms with Crippen molar-refractivity contribution in [3.63, 3.8) is 0 Å². The minimum absolute atomic E-state index is 0.168. The lowest BCUT2D eigenvalue weighted by Gasteiger charge is -2.12. The molecule has 0 saturated carbocycles. The number of amides is 1. The Morgan fingerprint density at radius 2 is 1.91 bits per heavy atom. The van der Waals surface area contributed by atoms with Crippen molar-refractivity contribution in [3.8, 4) is 17.6 Å². The number of non-ortho nitro benzene ring substituents is 1. The number of anilines is 1. The van der Waals surface area contributed by atoms with Crippen molar-refractivity contribution >= 4 is 39.3 Å². The van der Waals surface area contributed by atoms with Crippen LogP contribution in [-0.2, 0) is 11.4 Å². The fourth-order valence-corrected chi connectivity index (χ4v) is 3.11. The molecular weight excluding hydrogens is 490 g/mol. The van der Waals surface area contributed by atoms with Crippen LogP contribution in [0.15, 0.2) is 76.8 Å². The Bertz CT molecular complexity index is 1250. The van der Waals surface area contributed by atoms with E-state index in [4.69, 9.17) is 9.47 Å². The van der Waals surface area contributed by atoms with Crippen molar-refractivity contribution in [1.82, 2.24) is 0 Å². The molecule has 0 aromatic heterocycles. The number of halogens is 1.